The van der Waals surface area contributed by atoms with Crippen LogP contribution in [0.3, 0.4) is 0 Å². The Kier molecular flexibility index (Phi) is 15.2. The molecule has 4 rings (SSSR count). The number of aliphatic hydroxyl groups is 1. The minimum atomic E-state index is -2.72. The van der Waals surface area contributed by atoms with Crippen LogP contribution in [0.1, 0.15) is 85.4 Å². The average Bonchev–Trinajstić information content (AvgIpc) is 3.92. The van der Waals surface area contributed by atoms with Crippen LogP contribution in [-0.2, 0) is 41.7 Å². The van der Waals surface area contributed by atoms with Crippen molar-refractivity contribution in [1.29, 1.82) is 0 Å². The maximum atomic E-state index is 15.3. The van der Waals surface area contributed by atoms with E-state index < -0.39 is 104 Å². The highest BCUT2D eigenvalue weighted by Crippen LogP contribution is 2.40. The van der Waals surface area contributed by atoms with Gasteiger partial charge in [-0.25, -0.2) is 14.6 Å². The molecular weight excluding hydrogens is 782 g/mol. The molecular formula is C41H53N7O12. The highest BCUT2D eigenvalue weighted by molar-refractivity contribution is 6.12. The monoisotopic (exact) mass is 835 g/mol. The van der Waals surface area contributed by atoms with E-state index in [1.807, 2.05) is 0 Å². The molecule has 19 heteroatoms. The molecule has 1 aliphatic rings. The highest BCUT2D eigenvalue weighted by Gasteiger charge is 2.55. The predicted molar refractivity (Wildman–Crippen MR) is 216 cm³/mol. The number of hydrogen-bond acceptors (Lipinski definition) is 13. The van der Waals surface area contributed by atoms with Crippen LogP contribution in [0, 0.1) is 32.1 Å². The van der Waals surface area contributed by atoms with Crippen LogP contribution in [-0.4, -0.2) is 95.4 Å². The van der Waals surface area contributed by atoms with E-state index in [0.29, 0.717) is 5.56 Å². The lowest BCUT2D eigenvalue weighted by Crippen LogP contribution is -2.63. The first-order chi connectivity index (χ1) is 28.3. The van der Waals surface area contributed by atoms with Crippen molar-refractivity contribution in [2.75, 3.05) is 11.4 Å². The Morgan fingerprint density at radius 2 is 1.70 bits per heavy atom. The van der Waals surface area contributed by atoms with E-state index in [-0.39, 0.29) is 44.5 Å². The number of ketones is 1. The Labute approximate surface area is 347 Å². The zero-order valence-electron chi connectivity index (χ0n) is 34.8. The molecule has 0 aliphatic carbocycles. The second kappa shape index (κ2) is 19.7. The largest absolute Gasteiger partial charge is 0.458 e. The molecule has 324 valence electrons. The first kappa shape index (κ1) is 46.4. The Balaban J connectivity index is 1.91. The van der Waals surface area contributed by atoms with Gasteiger partial charge in [0.05, 0.1) is 27.9 Å². The molecule has 2 unspecified atom stereocenters. The molecule has 1 aliphatic heterocycles. The molecule has 2 heterocycles. The summed E-state index contributed by atoms with van der Waals surface area (Å²) in [7, 11) is 0. The number of carbonyl (C=O) groups is 5. The van der Waals surface area contributed by atoms with Crippen molar-refractivity contribution < 1.29 is 48.4 Å². The number of benzene rings is 2. The molecule has 3 aromatic rings. The number of ether oxygens (including phenoxy) is 2. The summed E-state index contributed by atoms with van der Waals surface area (Å²) in [6.45, 7) is 10.9. The second-order valence-electron chi connectivity index (χ2n) is 15.8. The minimum Gasteiger partial charge on any atom is -0.458 e. The summed E-state index contributed by atoms with van der Waals surface area (Å²) in [6.07, 6.45) is 1.88. The van der Waals surface area contributed by atoms with Gasteiger partial charge in [-0.1, -0.05) is 70.5 Å². The van der Waals surface area contributed by atoms with E-state index in [1.165, 1.54) is 19.4 Å². The van der Waals surface area contributed by atoms with Crippen molar-refractivity contribution in [3.63, 3.8) is 0 Å². The molecule has 1 saturated heterocycles. The topological polar surface area (TPSA) is 258 Å². The number of carbonyl (C=O) groups excluding carboxylic acids is 5. The summed E-state index contributed by atoms with van der Waals surface area (Å²) in [4.78, 5) is 104. The van der Waals surface area contributed by atoms with Crippen molar-refractivity contribution in [3.8, 4) is 0 Å². The second-order valence-corrected chi connectivity index (χ2v) is 15.8. The number of nitro benzene ring substituents is 2. The van der Waals surface area contributed by atoms with Crippen LogP contribution in [0.5, 0.6) is 0 Å². The third-order valence-electron chi connectivity index (χ3n) is 10.6. The molecule has 0 saturated carbocycles. The van der Waals surface area contributed by atoms with Gasteiger partial charge >= 0.3 is 23.4 Å². The number of alkyl carbamates (subject to hydrolysis) is 1. The number of aromatic nitrogens is 2. The van der Waals surface area contributed by atoms with Gasteiger partial charge in [0, 0.05) is 31.1 Å². The summed E-state index contributed by atoms with van der Waals surface area (Å²) >= 11 is 0. The van der Waals surface area contributed by atoms with E-state index in [1.54, 1.807) is 71.9 Å². The zero-order chi connectivity index (χ0) is 44.5. The van der Waals surface area contributed by atoms with E-state index >= 15 is 9.59 Å². The molecule has 6 atom stereocenters. The summed E-state index contributed by atoms with van der Waals surface area (Å²) in [5.74, 6) is -5.93. The van der Waals surface area contributed by atoms with E-state index in [4.69, 9.17) is 9.47 Å². The molecule has 0 bridgehead atoms. The number of rotatable bonds is 18. The summed E-state index contributed by atoms with van der Waals surface area (Å²) in [6, 6.07) is 6.93. The van der Waals surface area contributed by atoms with Crippen molar-refractivity contribution in [2.45, 2.75) is 117 Å². The number of nitro groups is 2. The predicted octanol–water partition coefficient (Wildman–Crippen LogP) is 5.19. The maximum Gasteiger partial charge on any atom is 0.408 e. The number of nitrogens with zero attached hydrogens (tertiary/aromatic N) is 5. The van der Waals surface area contributed by atoms with Gasteiger partial charge in [0.25, 0.3) is 5.91 Å². The maximum absolute atomic E-state index is 15.3. The molecule has 3 N–H and O–H groups in total. The third-order valence-corrected chi connectivity index (χ3v) is 10.6. The first-order valence-electron chi connectivity index (χ1n) is 19.8. The van der Waals surface area contributed by atoms with Gasteiger partial charge in [-0.05, 0) is 57.6 Å². The Morgan fingerprint density at radius 3 is 2.27 bits per heavy atom. The fraction of sp³-hybridized carbons (Fsp3) is 0.512. The Morgan fingerprint density at radius 1 is 1.02 bits per heavy atom. The van der Waals surface area contributed by atoms with Gasteiger partial charge in [-0.3, -0.25) is 39.5 Å². The lowest BCUT2D eigenvalue weighted by atomic mass is 9.79. The van der Waals surface area contributed by atoms with E-state index in [9.17, 15) is 39.7 Å². The fourth-order valence-corrected chi connectivity index (χ4v) is 7.07. The zero-order valence-corrected chi connectivity index (χ0v) is 34.8. The van der Waals surface area contributed by atoms with E-state index in [0.717, 1.165) is 28.0 Å². The van der Waals surface area contributed by atoms with Crippen LogP contribution >= 0.6 is 0 Å². The first-order valence-corrected chi connectivity index (χ1v) is 19.8. The summed E-state index contributed by atoms with van der Waals surface area (Å²) in [5.41, 5.74) is -5.69. The van der Waals surface area contributed by atoms with Gasteiger partial charge in [-0.15, -0.1) is 0 Å². The van der Waals surface area contributed by atoms with Gasteiger partial charge in [0.15, 0.2) is 5.78 Å². The van der Waals surface area contributed by atoms with Gasteiger partial charge < -0.3 is 29.8 Å². The number of anilines is 1. The van der Waals surface area contributed by atoms with Gasteiger partial charge in [0.1, 0.15) is 30.0 Å². The van der Waals surface area contributed by atoms with Crippen LogP contribution in [0.4, 0.5) is 21.9 Å². The number of nitrogens with one attached hydrogen (secondary N) is 2. The Bertz CT molecular complexity index is 2040. The Hall–Kier alpha value is -6.24. The number of H-pyrrole nitrogens is 1. The minimum absolute atomic E-state index is 0.00892. The third kappa shape index (κ3) is 10.5. The van der Waals surface area contributed by atoms with Crippen LogP contribution in [0.15, 0.2) is 61.1 Å². The number of imidazole rings is 1. The van der Waals surface area contributed by atoms with Crippen molar-refractivity contribution in [3.05, 3.63) is 92.5 Å². The summed E-state index contributed by atoms with van der Waals surface area (Å²) < 4.78 is 10.9. The van der Waals surface area contributed by atoms with Crippen molar-refractivity contribution >= 4 is 46.7 Å². The van der Waals surface area contributed by atoms with Crippen LogP contribution < -0.4 is 10.2 Å². The van der Waals surface area contributed by atoms with Gasteiger partial charge in [0.2, 0.25) is 11.5 Å². The average molecular weight is 836 g/mol. The number of likely N-dealkylation sites (tertiary alicyclic amines) is 1. The number of amides is 3. The SMILES string of the molecule is CCC(C)C(O)(C(=O)OCc1ccccc1)C(=O)[C@@H]1CCCN1C(=O)[C@H](Cc1c[nH]cn1)N(C(=O)[C@@H](NC(=O)OC(C)(C)C)[C@@H](C)CC)c1cccc([N+](=O)[O-])c1[N+](=O)[O-]. The molecule has 1 aromatic heterocycles. The fourth-order valence-electron chi connectivity index (χ4n) is 7.07. The quantitative estimate of drug-likeness (QED) is 0.0646. The van der Waals surface area contributed by atoms with Crippen LogP contribution in [0.25, 0.3) is 0 Å². The van der Waals surface area contributed by atoms with Crippen molar-refractivity contribution in [1.82, 2.24) is 20.2 Å². The van der Waals surface area contributed by atoms with Crippen LogP contribution in [0.2, 0.25) is 0 Å². The number of Topliss-reactive ketones (excluding diaryl/α,β-unsaturated/α-hetero) is 1. The normalized spacial score (nSPS) is 17.0. The van der Waals surface area contributed by atoms with Crippen molar-refractivity contribution in [2.24, 2.45) is 11.8 Å². The summed E-state index contributed by atoms with van der Waals surface area (Å²) in [5, 5.41) is 39.5. The van der Waals surface area contributed by atoms with Gasteiger partial charge in [-0.2, -0.15) is 0 Å². The number of para-hydroxylation sites is 1. The molecule has 0 spiro atoms. The smallest absolute Gasteiger partial charge is 0.408 e. The number of aromatic amines is 1. The number of esters is 1. The van der Waals surface area contributed by atoms with E-state index in [2.05, 4.69) is 15.3 Å². The molecule has 0 radical (unpaired) electrons. The highest BCUT2D eigenvalue weighted by atomic mass is 16.6. The molecule has 60 heavy (non-hydrogen) atoms. The lowest BCUT2D eigenvalue weighted by Gasteiger charge is -2.39. The molecule has 3 amide bonds. The standard InChI is InChI=1S/C41H53N7O12/c1-8-25(3)33(44-39(53)60-40(5,6)7)37(51)46(29-17-13-18-30(47(55)56)34(29)48(57)58)32(21-28-22-42-24-43-28)36(50)45-20-14-19-31(45)35(49)41(54,26(4)9-2)38(52)59-23-27-15-11-10-12-16-27/h10-13,15-18,22,24-26,31-33,54H,8-9,14,19-21,23H2,1-7H3,(H,42,43)(H,44,53)/t25-,26?,31-,32-,33-,41?/m0/s1. The molecule has 1 fully saturated rings. The lowest BCUT2D eigenvalue weighted by molar-refractivity contribution is -0.422. The number of hydrogen-bond donors (Lipinski definition) is 3. The molecule has 19 nitrogen and oxygen atoms in total. The molecule has 2 aromatic carbocycles.